The summed E-state index contributed by atoms with van der Waals surface area (Å²) in [7, 11) is 0. The first kappa shape index (κ1) is 21.9. The van der Waals surface area contributed by atoms with E-state index in [1.165, 1.54) is 22.9 Å². The van der Waals surface area contributed by atoms with Crippen LogP contribution in [-0.2, 0) is 6.42 Å². The van der Waals surface area contributed by atoms with Crippen LogP contribution in [0.25, 0.3) is 5.65 Å². The molecule has 4 rings (SSSR count). The van der Waals surface area contributed by atoms with Crippen molar-refractivity contribution in [3.8, 4) is 0 Å². The van der Waals surface area contributed by atoms with Gasteiger partial charge in [-0.15, -0.1) is 0 Å². The number of nitrogens with zero attached hydrogens (tertiary/aromatic N) is 3. The second kappa shape index (κ2) is 9.04. The molecule has 1 aliphatic heterocycles. The van der Waals surface area contributed by atoms with Gasteiger partial charge in [-0.2, -0.15) is 0 Å². The van der Waals surface area contributed by atoms with E-state index in [1.807, 2.05) is 0 Å². The van der Waals surface area contributed by atoms with Gasteiger partial charge < -0.3 is 15.6 Å². The summed E-state index contributed by atoms with van der Waals surface area (Å²) < 4.78 is 14.5. The molecule has 1 amide bonds. The number of aryl methyl sites for hydroxylation is 1. The third-order valence-electron chi connectivity index (χ3n) is 6.23. The first-order valence-corrected chi connectivity index (χ1v) is 10.8. The van der Waals surface area contributed by atoms with E-state index in [1.54, 1.807) is 19.1 Å². The Hall–Kier alpha value is -3.33. The number of imidazole rings is 1. The molecule has 2 aromatic heterocycles. The summed E-state index contributed by atoms with van der Waals surface area (Å²) in [5.74, 6) is -1.05. The highest BCUT2D eigenvalue weighted by atomic mass is 19.1. The van der Waals surface area contributed by atoms with Gasteiger partial charge in [-0.1, -0.05) is 0 Å². The maximum Gasteiger partial charge on any atom is 0.271 e. The number of H-pyrrole nitrogens is 1. The molecular formula is C23H26FN5O3. The molecule has 1 aromatic carbocycles. The zero-order valence-corrected chi connectivity index (χ0v) is 17.9. The number of benzene rings is 1. The normalized spacial score (nSPS) is 17.4. The molecule has 1 aliphatic rings. The molecule has 1 atom stereocenters. The van der Waals surface area contributed by atoms with Crippen LogP contribution in [0.4, 0.5) is 4.39 Å². The number of aromatic amines is 1. The number of ketones is 1. The number of hydrogen-bond acceptors (Lipinski definition) is 5. The summed E-state index contributed by atoms with van der Waals surface area (Å²) in [5.41, 5.74) is 7.33. The van der Waals surface area contributed by atoms with Gasteiger partial charge in [0.2, 0.25) is 0 Å². The van der Waals surface area contributed by atoms with Crippen LogP contribution in [0.5, 0.6) is 0 Å². The first-order valence-electron chi connectivity index (χ1n) is 10.8. The molecule has 0 saturated carbocycles. The molecule has 32 heavy (non-hydrogen) atoms. The van der Waals surface area contributed by atoms with E-state index in [2.05, 4.69) is 14.9 Å². The predicted molar refractivity (Wildman–Crippen MR) is 117 cm³/mol. The second-order valence-corrected chi connectivity index (χ2v) is 8.30. The fourth-order valence-corrected chi connectivity index (χ4v) is 4.42. The summed E-state index contributed by atoms with van der Waals surface area (Å²) in [6.45, 7) is 4.09. The molecule has 1 saturated heterocycles. The summed E-state index contributed by atoms with van der Waals surface area (Å²) in [4.78, 5) is 46.5. The molecule has 0 spiro atoms. The van der Waals surface area contributed by atoms with E-state index < -0.39 is 5.91 Å². The smallest absolute Gasteiger partial charge is 0.271 e. The lowest BCUT2D eigenvalue weighted by Gasteiger charge is -2.20. The number of primary amides is 1. The van der Waals surface area contributed by atoms with Crippen LogP contribution in [0.2, 0.25) is 0 Å². The van der Waals surface area contributed by atoms with Crippen molar-refractivity contribution in [1.82, 2.24) is 19.3 Å². The van der Waals surface area contributed by atoms with E-state index in [4.69, 9.17) is 5.73 Å². The minimum absolute atomic E-state index is 0.0427. The van der Waals surface area contributed by atoms with Gasteiger partial charge in [0.25, 0.3) is 11.5 Å². The number of carbonyl (C=O) groups excluding carboxylic acids is 2. The van der Waals surface area contributed by atoms with Gasteiger partial charge in [0.15, 0.2) is 17.1 Å². The Bertz CT molecular complexity index is 1210. The van der Waals surface area contributed by atoms with Gasteiger partial charge in [-0.25, -0.2) is 9.37 Å². The van der Waals surface area contributed by atoms with Gasteiger partial charge in [0.1, 0.15) is 12.1 Å². The van der Waals surface area contributed by atoms with Crippen molar-refractivity contribution in [1.29, 1.82) is 0 Å². The largest absolute Gasteiger partial charge is 0.364 e. The van der Waals surface area contributed by atoms with Crippen molar-refractivity contribution >= 4 is 17.3 Å². The molecule has 8 nitrogen and oxygen atoms in total. The lowest BCUT2D eigenvalue weighted by Crippen LogP contribution is -2.30. The van der Waals surface area contributed by atoms with Crippen LogP contribution in [0.15, 0.2) is 35.4 Å². The highest BCUT2D eigenvalue weighted by molar-refractivity contribution is 5.98. The number of hydrogen-bond donors (Lipinski definition) is 2. The third kappa shape index (κ3) is 4.34. The van der Waals surface area contributed by atoms with Gasteiger partial charge >= 0.3 is 0 Å². The molecular weight excluding hydrogens is 413 g/mol. The van der Waals surface area contributed by atoms with Gasteiger partial charge in [-0.05, 0) is 70.0 Å². The number of likely N-dealkylation sites (tertiary alicyclic amines) is 1. The standard InChI is InChI=1S/C23H26FN5O3/c1-14-18(23(32)29-13-26-19(21(25)31)22(29)27-14)9-12-28-10-2-3-15(8-11-28)20(30)16-4-6-17(24)7-5-16/h4-7,13,15,27H,2-3,8-12H2,1H3,(H2,25,31). The number of rotatable bonds is 6. The summed E-state index contributed by atoms with van der Waals surface area (Å²) in [6, 6.07) is 5.73. The minimum atomic E-state index is -0.690. The van der Waals surface area contributed by atoms with Crippen molar-refractivity contribution in [3.05, 3.63) is 69.3 Å². The molecule has 1 fully saturated rings. The Morgan fingerprint density at radius 1 is 1.22 bits per heavy atom. The van der Waals surface area contributed by atoms with Crippen LogP contribution in [0.1, 0.15) is 51.4 Å². The molecule has 3 N–H and O–H groups in total. The zero-order chi connectivity index (χ0) is 22.8. The minimum Gasteiger partial charge on any atom is -0.364 e. The number of nitrogens with two attached hydrogens (primary N) is 1. The molecule has 3 heterocycles. The summed E-state index contributed by atoms with van der Waals surface area (Å²) >= 11 is 0. The average Bonchev–Trinajstić information content (AvgIpc) is 3.05. The number of nitrogens with one attached hydrogen (secondary N) is 1. The average molecular weight is 439 g/mol. The van der Waals surface area contributed by atoms with Gasteiger partial charge in [0.05, 0.1) is 0 Å². The highest BCUT2D eigenvalue weighted by Gasteiger charge is 2.24. The first-order chi connectivity index (χ1) is 15.3. The third-order valence-corrected chi connectivity index (χ3v) is 6.23. The van der Waals surface area contributed by atoms with E-state index >= 15 is 0 Å². The van der Waals surface area contributed by atoms with E-state index in [0.29, 0.717) is 35.4 Å². The van der Waals surface area contributed by atoms with E-state index in [0.717, 1.165) is 32.4 Å². The molecule has 9 heteroatoms. The molecule has 0 radical (unpaired) electrons. The number of fused-ring (bicyclic) bond motifs is 1. The Balaban J connectivity index is 1.42. The fourth-order valence-electron chi connectivity index (χ4n) is 4.42. The molecule has 3 aromatic rings. The number of amides is 1. The van der Waals surface area contributed by atoms with Gasteiger partial charge in [-0.3, -0.25) is 18.8 Å². The van der Waals surface area contributed by atoms with Crippen LogP contribution in [0.3, 0.4) is 0 Å². The molecule has 0 bridgehead atoms. The summed E-state index contributed by atoms with van der Waals surface area (Å²) in [5, 5.41) is 0. The highest BCUT2D eigenvalue weighted by Crippen LogP contribution is 2.22. The van der Waals surface area contributed by atoms with Crippen LogP contribution in [-0.4, -0.2) is 50.6 Å². The number of halogens is 1. The van der Waals surface area contributed by atoms with E-state index in [9.17, 15) is 18.8 Å². The molecule has 168 valence electrons. The van der Waals surface area contributed by atoms with E-state index in [-0.39, 0.29) is 28.8 Å². The predicted octanol–water partition coefficient (Wildman–Crippen LogP) is 2.10. The van der Waals surface area contributed by atoms with Crippen molar-refractivity contribution in [2.24, 2.45) is 11.7 Å². The lowest BCUT2D eigenvalue weighted by atomic mass is 9.91. The number of aromatic nitrogens is 3. The van der Waals surface area contributed by atoms with Crippen LogP contribution < -0.4 is 11.3 Å². The van der Waals surface area contributed by atoms with Crippen LogP contribution >= 0.6 is 0 Å². The van der Waals surface area contributed by atoms with Crippen molar-refractivity contribution in [2.45, 2.75) is 32.6 Å². The van der Waals surface area contributed by atoms with Crippen LogP contribution in [0, 0.1) is 18.7 Å². The summed E-state index contributed by atoms with van der Waals surface area (Å²) in [6.07, 6.45) is 4.26. The Labute approximate surface area is 184 Å². The SMILES string of the molecule is Cc1[nH]c2c(C(N)=O)ncn2c(=O)c1CCN1CCCC(C(=O)c2ccc(F)cc2)CC1. The molecule has 1 unspecified atom stereocenters. The lowest BCUT2D eigenvalue weighted by molar-refractivity contribution is 0.0907. The Morgan fingerprint density at radius 2 is 1.97 bits per heavy atom. The Kier molecular flexibility index (Phi) is 6.18. The maximum atomic E-state index is 13.1. The topological polar surface area (TPSA) is 114 Å². The zero-order valence-electron chi connectivity index (χ0n) is 17.9. The van der Waals surface area contributed by atoms with Crippen molar-refractivity contribution < 1.29 is 14.0 Å². The van der Waals surface area contributed by atoms with Crippen molar-refractivity contribution in [3.63, 3.8) is 0 Å². The second-order valence-electron chi connectivity index (χ2n) is 8.30. The van der Waals surface area contributed by atoms with Gasteiger partial charge in [0, 0.05) is 29.3 Å². The monoisotopic (exact) mass is 439 g/mol. The fraction of sp³-hybridized carbons (Fsp3) is 0.391. The van der Waals surface area contributed by atoms with Crippen molar-refractivity contribution in [2.75, 3.05) is 19.6 Å². The Morgan fingerprint density at radius 3 is 2.69 bits per heavy atom. The number of carbonyl (C=O) groups is 2. The quantitative estimate of drug-likeness (QED) is 0.571. The maximum absolute atomic E-state index is 13.1. The number of Topliss-reactive ketones (excluding diaryl/α,β-unsaturated/α-hetero) is 1. The molecule has 0 aliphatic carbocycles.